The lowest BCUT2D eigenvalue weighted by Crippen LogP contribution is -2.14. The average molecular weight is 337 g/mol. The summed E-state index contributed by atoms with van der Waals surface area (Å²) in [6.45, 7) is 6.03. The Bertz CT molecular complexity index is 872. The zero-order valence-electron chi connectivity index (χ0n) is 14.0. The third-order valence-electron chi connectivity index (χ3n) is 3.89. The Morgan fingerprint density at radius 3 is 2.67 bits per heavy atom. The molecule has 0 spiro atoms. The Hall–Kier alpha value is -2.53. The van der Waals surface area contributed by atoms with E-state index in [0.29, 0.717) is 6.42 Å². The van der Waals surface area contributed by atoms with E-state index >= 15 is 0 Å². The first kappa shape index (κ1) is 16.3. The number of aryl methyl sites for hydroxylation is 3. The standard InChI is InChI=1S/C19H19N3OS/c1-12-7-8-15(10-13(12)2)22-18(23)11-17-14(3)21-19(24-17)16-6-4-5-9-20-16/h4-10H,11H2,1-3H3,(H,22,23). The van der Waals surface area contributed by atoms with Gasteiger partial charge in [-0.15, -0.1) is 11.3 Å². The molecular formula is C19H19N3OS. The predicted octanol–water partition coefficient (Wildman–Crippen LogP) is 4.31. The lowest BCUT2D eigenvalue weighted by molar-refractivity contribution is -0.115. The van der Waals surface area contributed by atoms with E-state index in [4.69, 9.17) is 0 Å². The maximum absolute atomic E-state index is 12.3. The highest BCUT2D eigenvalue weighted by Gasteiger charge is 2.14. The number of aromatic nitrogens is 2. The molecule has 0 atom stereocenters. The number of thiazole rings is 1. The number of anilines is 1. The van der Waals surface area contributed by atoms with Crippen molar-refractivity contribution in [3.63, 3.8) is 0 Å². The molecule has 3 aromatic rings. The second-order valence-corrected chi connectivity index (χ2v) is 6.85. The maximum Gasteiger partial charge on any atom is 0.229 e. The molecule has 122 valence electrons. The summed E-state index contributed by atoms with van der Waals surface area (Å²) in [5, 5.41) is 3.81. The van der Waals surface area contributed by atoms with E-state index in [1.54, 1.807) is 6.20 Å². The summed E-state index contributed by atoms with van der Waals surface area (Å²) in [4.78, 5) is 22.2. The van der Waals surface area contributed by atoms with Crippen LogP contribution < -0.4 is 5.32 Å². The van der Waals surface area contributed by atoms with Crippen LogP contribution in [0.3, 0.4) is 0 Å². The summed E-state index contributed by atoms with van der Waals surface area (Å²) in [6.07, 6.45) is 2.07. The zero-order valence-corrected chi connectivity index (χ0v) is 14.8. The van der Waals surface area contributed by atoms with Gasteiger partial charge in [-0.05, 0) is 56.2 Å². The van der Waals surface area contributed by atoms with Crippen LogP contribution in [0.15, 0.2) is 42.6 Å². The van der Waals surface area contributed by atoms with Crippen LogP contribution >= 0.6 is 11.3 Å². The van der Waals surface area contributed by atoms with Crippen LogP contribution in [0.4, 0.5) is 5.69 Å². The minimum atomic E-state index is -0.0300. The molecule has 0 saturated carbocycles. The number of benzene rings is 1. The maximum atomic E-state index is 12.3. The van der Waals surface area contributed by atoms with E-state index in [1.807, 2.05) is 50.2 Å². The summed E-state index contributed by atoms with van der Waals surface area (Å²) < 4.78 is 0. The number of pyridine rings is 1. The summed E-state index contributed by atoms with van der Waals surface area (Å²) in [6, 6.07) is 11.7. The van der Waals surface area contributed by atoms with Crippen LogP contribution in [0, 0.1) is 20.8 Å². The van der Waals surface area contributed by atoms with Crippen molar-refractivity contribution in [2.45, 2.75) is 27.2 Å². The van der Waals surface area contributed by atoms with Gasteiger partial charge in [0.25, 0.3) is 0 Å². The Morgan fingerprint density at radius 2 is 1.96 bits per heavy atom. The predicted molar refractivity (Wildman–Crippen MR) is 98.3 cm³/mol. The Balaban J connectivity index is 1.72. The van der Waals surface area contributed by atoms with Crippen molar-refractivity contribution in [3.05, 3.63) is 64.3 Å². The molecule has 2 heterocycles. The van der Waals surface area contributed by atoms with E-state index in [-0.39, 0.29) is 5.91 Å². The van der Waals surface area contributed by atoms with Crippen LogP contribution in [0.5, 0.6) is 0 Å². The van der Waals surface area contributed by atoms with Crippen molar-refractivity contribution in [1.29, 1.82) is 0 Å². The summed E-state index contributed by atoms with van der Waals surface area (Å²) in [5.41, 5.74) is 4.93. The number of carbonyl (C=O) groups is 1. The van der Waals surface area contributed by atoms with E-state index in [9.17, 15) is 4.79 Å². The van der Waals surface area contributed by atoms with E-state index < -0.39 is 0 Å². The molecule has 5 heteroatoms. The molecule has 24 heavy (non-hydrogen) atoms. The lowest BCUT2D eigenvalue weighted by atomic mass is 10.1. The van der Waals surface area contributed by atoms with Crippen LogP contribution in [0.25, 0.3) is 10.7 Å². The highest BCUT2D eigenvalue weighted by molar-refractivity contribution is 7.15. The van der Waals surface area contributed by atoms with Gasteiger partial charge in [0, 0.05) is 16.8 Å². The number of nitrogens with one attached hydrogen (secondary N) is 1. The van der Waals surface area contributed by atoms with Gasteiger partial charge in [-0.3, -0.25) is 9.78 Å². The highest BCUT2D eigenvalue weighted by atomic mass is 32.1. The van der Waals surface area contributed by atoms with Gasteiger partial charge in [0.1, 0.15) is 5.01 Å². The molecular weight excluding hydrogens is 318 g/mol. The van der Waals surface area contributed by atoms with Gasteiger partial charge >= 0.3 is 0 Å². The SMILES string of the molecule is Cc1ccc(NC(=O)Cc2sc(-c3ccccn3)nc2C)cc1C. The number of amides is 1. The van der Waals surface area contributed by atoms with Crippen molar-refractivity contribution >= 4 is 22.9 Å². The van der Waals surface area contributed by atoms with E-state index in [0.717, 1.165) is 27.0 Å². The average Bonchev–Trinajstić information content (AvgIpc) is 2.93. The van der Waals surface area contributed by atoms with Crippen molar-refractivity contribution in [1.82, 2.24) is 9.97 Å². The number of hydrogen-bond donors (Lipinski definition) is 1. The second kappa shape index (κ2) is 6.93. The van der Waals surface area contributed by atoms with Crippen molar-refractivity contribution in [2.24, 2.45) is 0 Å². The molecule has 0 bridgehead atoms. The molecule has 1 amide bonds. The van der Waals surface area contributed by atoms with Gasteiger partial charge in [0.2, 0.25) is 5.91 Å². The van der Waals surface area contributed by atoms with E-state index in [1.165, 1.54) is 22.5 Å². The molecule has 0 unspecified atom stereocenters. The molecule has 4 nitrogen and oxygen atoms in total. The lowest BCUT2D eigenvalue weighted by Gasteiger charge is -2.07. The molecule has 0 aliphatic carbocycles. The first-order chi connectivity index (χ1) is 11.5. The summed E-state index contributed by atoms with van der Waals surface area (Å²) >= 11 is 1.52. The van der Waals surface area contributed by atoms with Crippen LogP contribution in [0.2, 0.25) is 0 Å². The molecule has 0 aliphatic heterocycles. The monoisotopic (exact) mass is 337 g/mol. The fourth-order valence-corrected chi connectivity index (χ4v) is 3.40. The van der Waals surface area contributed by atoms with Gasteiger partial charge in [-0.1, -0.05) is 12.1 Å². The van der Waals surface area contributed by atoms with Gasteiger partial charge in [-0.2, -0.15) is 0 Å². The summed E-state index contributed by atoms with van der Waals surface area (Å²) in [7, 11) is 0. The first-order valence-corrected chi connectivity index (χ1v) is 8.59. The topological polar surface area (TPSA) is 54.9 Å². The van der Waals surface area contributed by atoms with Crippen LogP contribution in [-0.2, 0) is 11.2 Å². The number of nitrogens with zero attached hydrogens (tertiary/aromatic N) is 2. The second-order valence-electron chi connectivity index (χ2n) is 5.77. The quantitative estimate of drug-likeness (QED) is 0.772. The van der Waals surface area contributed by atoms with Gasteiger partial charge < -0.3 is 5.32 Å². The van der Waals surface area contributed by atoms with Gasteiger partial charge in [0.15, 0.2) is 0 Å². The minimum absolute atomic E-state index is 0.0300. The smallest absolute Gasteiger partial charge is 0.229 e. The zero-order chi connectivity index (χ0) is 17.1. The number of carbonyl (C=O) groups excluding carboxylic acids is 1. The fourth-order valence-electron chi connectivity index (χ4n) is 2.36. The number of rotatable bonds is 4. The third-order valence-corrected chi connectivity index (χ3v) is 5.07. The van der Waals surface area contributed by atoms with Gasteiger partial charge in [-0.25, -0.2) is 4.98 Å². The van der Waals surface area contributed by atoms with Crippen molar-refractivity contribution in [3.8, 4) is 10.7 Å². The normalized spacial score (nSPS) is 10.6. The van der Waals surface area contributed by atoms with Crippen LogP contribution in [-0.4, -0.2) is 15.9 Å². The number of hydrogen-bond acceptors (Lipinski definition) is 4. The Labute approximate surface area is 145 Å². The highest BCUT2D eigenvalue weighted by Crippen LogP contribution is 2.27. The molecule has 2 aromatic heterocycles. The van der Waals surface area contributed by atoms with Gasteiger partial charge in [0.05, 0.1) is 17.8 Å². The van der Waals surface area contributed by atoms with Crippen molar-refractivity contribution < 1.29 is 4.79 Å². The summed E-state index contributed by atoms with van der Waals surface area (Å²) in [5.74, 6) is -0.0300. The molecule has 1 N–H and O–H groups in total. The van der Waals surface area contributed by atoms with Crippen LogP contribution in [0.1, 0.15) is 21.7 Å². The Kier molecular flexibility index (Phi) is 4.71. The van der Waals surface area contributed by atoms with E-state index in [2.05, 4.69) is 22.2 Å². The minimum Gasteiger partial charge on any atom is -0.326 e. The third kappa shape index (κ3) is 3.68. The molecule has 3 rings (SSSR count). The van der Waals surface area contributed by atoms with Crippen molar-refractivity contribution in [2.75, 3.05) is 5.32 Å². The molecule has 0 aliphatic rings. The molecule has 0 radical (unpaired) electrons. The molecule has 1 aromatic carbocycles. The fraction of sp³-hybridized carbons (Fsp3) is 0.211. The largest absolute Gasteiger partial charge is 0.326 e. The first-order valence-electron chi connectivity index (χ1n) is 7.78. The Morgan fingerprint density at radius 1 is 1.12 bits per heavy atom. The molecule has 0 saturated heterocycles. The molecule has 0 fully saturated rings.